The Balaban J connectivity index is -0.0000000966. The summed E-state index contributed by atoms with van der Waals surface area (Å²) < 4.78 is 0. The largest absolute Gasteiger partial charge is 2.00 e. The van der Waals surface area contributed by atoms with E-state index in [0.717, 1.165) is 18.8 Å². The SMILES string of the molecule is OP(O)(=S)S.[CH2-]CCCCC.[CH2-]CCCCC(C)C.[Zn+2]. The third-order valence-corrected chi connectivity index (χ3v) is 2.14. The molecule has 2 nitrogen and oxygen atoms in total. The molecule has 0 unspecified atom stereocenters. The van der Waals surface area contributed by atoms with Gasteiger partial charge in [0.1, 0.15) is 0 Å². The van der Waals surface area contributed by atoms with Crippen molar-refractivity contribution in [3.8, 4) is 0 Å². The molecule has 120 valence electrons. The summed E-state index contributed by atoms with van der Waals surface area (Å²) in [5.41, 5.74) is -3.11. The number of thiol groups is 1. The number of hydrogen-bond acceptors (Lipinski definition) is 1. The fraction of sp³-hybridized carbons (Fsp3) is 0.857. The van der Waals surface area contributed by atoms with E-state index in [1.165, 1.54) is 38.5 Å². The Labute approximate surface area is 150 Å². The van der Waals surface area contributed by atoms with Crippen LogP contribution in [-0.2, 0) is 31.3 Å². The van der Waals surface area contributed by atoms with Gasteiger partial charge in [0.2, 0.25) is 5.69 Å². The summed E-state index contributed by atoms with van der Waals surface area (Å²) in [6.07, 6.45) is 10.2. The van der Waals surface area contributed by atoms with Gasteiger partial charge in [0.25, 0.3) is 0 Å². The molecule has 0 aromatic heterocycles. The maximum Gasteiger partial charge on any atom is 2.00 e. The molecular weight excluding hydrogens is 361 g/mol. The average molecular weight is 394 g/mol. The zero-order valence-corrected chi connectivity index (χ0v) is 19.1. The van der Waals surface area contributed by atoms with E-state index in [0.29, 0.717) is 0 Å². The molecule has 0 rings (SSSR count). The summed E-state index contributed by atoms with van der Waals surface area (Å²) in [7, 11) is 0. The van der Waals surface area contributed by atoms with Gasteiger partial charge < -0.3 is 23.6 Å². The van der Waals surface area contributed by atoms with Gasteiger partial charge in [0, 0.05) is 0 Å². The van der Waals surface area contributed by atoms with Crippen LogP contribution in [0.4, 0.5) is 0 Å². The molecule has 0 saturated heterocycles. The quantitative estimate of drug-likeness (QED) is 0.174. The molecule has 0 bridgehead atoms. The van der Waals surface area contributed by atoms with E-state index in [4.69, 9.17) is 9.79 Å². The summed E-state index contributed by atoms with van der Waals surface area (Å²) in [5.74, 6) is 0.876. The van der Waals surface area contributed by atoms with Crippen molar-refractivity contribution in [3.63, 3.8) is 0 Å². The molecule has 0 aromatic carbocycles. The molecule has 0 radical (unpaired) electrons. The van der Waals surface area contributed by atoms with E-state index >= 15 is 0 Å². The van der Waals surface area contributed by atoms with Gasteiger partial charge in [-0.3, -0.25) is 0 Å². The number of unbranched alkanes of at least 4 members (excludes halogenated alkanes) is 5. The van der Waals surface area contributed by atoms with Gasteiger partial charge in [-0.15, -0.1) is 0 Å². The molecule has 0 atom stereocenters. The molecule has 0 aromatic rings. The second kappa shape index (κ2) is 22.8. The minimum absolute atomic E-state index is 0. The van der Waals surface area contributed by atoms with E-state index in [1.807, 2.05) is 0 Å². The molecule has 0 saturated carbocycles. The number of rotatable bonds is 7. The second-order valence-electron chi connectivity index (χ2n) is 4.82. The Morgan fingerprint density at radius 3 is 1.60 bits per heavy atom. The molecule has 0 fully saturated rings. The summed E-state index contributed by atoms with van der Waals surface area (Å²) in [6, 6.07) is 0. The van der Waals surface area contributed by atoms with Gasteiger partial charge in [-0.05, 0) is 17.7 Å². The molecule has 20 heavy (non-hydrogen) atoms. The molecule has 0 spiro atoms. The van der Waals surface area contributed by atoms with Crippen LogP contribution in [0.1, 0.15) is 72.1 Å². The normalized spacial score (nSPS) is 9.85. The van der Waals surface area contributed by atoms with Crippen molar-refractivity contribution in [1.82, 2.24) is 0 Å². The zero-order valence-electron chi connectivity index (χ0n) is 13.6. The average Bonchev–Trinajstić information content (AvgIpc) is 2.25. The van der Waals surface area contributed by atoms with Crippen LogP contribution < -0.4 is 0 Å². The van der Waals surface area contributed by atoms with Crippen LogP contribution in [0.2, 0.25) is 0 Å². The first-order valence-corrected chi connectivity index (χ1v) is 10.9. The standard InChI is InChI=1S/C8H17.C6H13.H3O2PS2.Zn/c1-4-5-6-7-8(2)3;1-3-5-6-4-2;1-3(2,4)5;/h8H,1,4-7H2,2-3H3;1,3-6H2,2H3;(H3,1,2,4,5);/q2*-1;;+2. The van der Waals surface area contributed by atoms with Crippen LogP contribution in [0.5, 0.6) is 0 Å². The Hall–Kier alpha value is 1.54. The fourth-order valence-corrected chi connectivity index (χ4v) is 1.16. The molecular formula is C14H33O2PS2Zn. The van der Waals surface area contributed by atoms with Gasteiger partial charge in [-0.25, -0.2) is 0 Å². The first-order valence-electron chi connectivity index (χ1n) is 7.05. The van der Waals surface area contributed by atoms with Crippen molar-refractivity contribution < 1.29 is 29.3 Å². The van der Waals surface area contributed by atoms with Crippen LogP contribution in [0.15, 0.2) is 0 Å². The molecule has 2 N–H and O–H groups in total. The molecule has 0 aliphatic rings. The Kier molecular flexibility index (Phi) is 33.7. The van der Waals surface area contributed by atoms with Gasteiger partial charge in [-0.1, -0.05) is 71.5 Å². The maximum absolute atomic E-state index is 7.87. The van der Waals surface area contributed by atoms with Crippen molar-refractivity contribution in [2.24, 2.45) is 5.92 Å². The van der Waals surface area contributed by atoms with Crippen LogP contribution in [-0.4, -0.2) is 9.79 Å². The topological polar surface area (TPSA) is 40.5 Å². The van der Waals surface area contributed by atoms with Crippen molar-refractivity contribution in [2.75, 3.05) is 0 Å². The third kappa shape index (κ3) is 73.8. The number of hydrogen-bond donors (Lipinski definition) is 3. The Bertz CT molecular complexity index is 187. The van der Waals surface area contributed by atoms with Gasteiger partial charge in [0.15, 0.2) is 0 Å². The minimum Gasteiger partial charge on any atom is -0.343 e. The monoisotopic (exact) mass is 392 g/mol. The van der Waals surface area contributed by atoms with Crippen LogP contribution in [0.3, 0.4) is 0 Å². The van der Waals surface area contributed by atoms with Gasteiger partial charge in [0.05, 0.1) is 0 Å². The van der Waals surface area contributed by atoms with Crippen molar-refractivity contribution in [2.45, 2.75) is 72.1 Å². The second-order valence-corrected chi connectivity index (χ2v) is 9.86. The zero-order chi connectivity index (χ0) is 15.7. The smallest absolute Gasteiger partial charge is 0.343 e. The van der Waals surface area contributed by atoms with Crippen molar-refractivity contribution >= 4 is 29.7 Å². The van der Waals surface area contributed by atoms with Crippen LogP contribution in [0.25, 0.3) is 0 Å². The van der Waals surface area contributed by atoms with Gasteiger partial charge in [-0.2, -0.15) is 12.8 Å². The van der Waals surface area contributed by atoms with Crippen LogP contribution in [0, 0.1) is 19.8 Å². The molecule has 0 amide bonds. The summed E-state index contributed by atoms with van der Waals surface area (Å²) in [6.45, 7) is 14.2. The molecule has 6 heteroatoms. The van der Waals surface area contributed by atoms with E-state index in [1.54, 1.807) is 0 Å². The Morgan fingerprint density at radius 2 is 1.40 bits per heavy atom. The molecule has 0 aliphatic heterocycles. The van der Waals surface area contributed by atoms with E-state index in [2.05, 4.69) is 58.7 Å². The summed E-state index contributed by atoms with van der Waals surface area (Å²) >= 11 is 7.07. The van der Waals surface area contributed by atoms with Gasteiger partial charge >= 0.3 is 19.5 Å². The van der Waals surface area contributed by atoms with Crippen molar-refractivity contribution in [3.05, 3.63) is 13.8 Å². The summed E-state index contributed by atoms with van der Waals surface area (Å²) in [5, 5.41) is 0. The third-order valence-electron chi connectivity index (χ3n) is 2.14. The maximum atomic E-state index is 7.87. The van der Waals surface area contributed by atoms with Crippen LogP contribution >= 0.6 is 17.9 Å². The molecule has 0 heterocycles. The predicted octanol–water partition coefficient (Wildman–Crippen LogP) is 5.56. The van der Waals surface area contributed by atoms with E-state index in [-0.39, 0.29) is 19.5 Å². The predicted molar refractivity (Wildman–Crippen MR) is 95.9 cm³/mol. The van der Waals surface area contributed by atoms with Crippen molar-refractivity contribution in [1.29, 1.82) is 0 Å². The minimum atomic E-state index is -3.11. The first-order chi connectivity index (χ1) is 8.68. The first kappa shape index (κ1) is 29.5. The molecule has 0 aliphatic carbocycles. The fourth-order valence-electron chi connectivity index (χ4n) is 1.16. The summed E-state index contributed by atoms with van der Waals surface area (Å²) in [4.78, 5) is 15.7. The van der Waals surface area contributed by atoms with E-state index < -0.39 is 5.69 Å². The Morgan fingerprint density at radius 1 is 1.05 bits per heavy atom. The van der Waals surface area contributed by atoms with E-state index in [9.17, 15) is 0 Å².